The van der Waals surface area contributed by atoms with E-state index in [1.54, 1.807) is 6.92 Å². The largest absolute Gasteiger partial charge is 0.465 e. The molecule has 5 nitrogen and oxygen atoms in total. The number of nitrogens with two attached hydrogens (primary N) is 1. The number of aliphatic hydroxyl groups excluding tert-OH is 1. The molecule has 1 heterocycles. The molecule has 0 fully saturated rings. The fourth-order valence-corrected chi connectivity index (χ4v) is 1.10. The zero-order valence-corrected chi connectivity index (χ0v) is 8.11. The van der Waals surface area contributed by atoms with Crippen molar-refractivity contribution >= 4 is 5.97 Å². The van der Waals surface area contributed by atoms with Gasteiger partial charge in [0.15, 0.2) is 0 Å². The van der Waals surface area contributed by atoms with Crippen LogP contribution in [0.25, 0.3) is 0 Å². The average molecular weight is 199 g/mol. The Labute approximate surface area is 81.5 Å². The summed E-state index contributed by atoms with van der Waals surface area (Å²) in [6.45, 7) is 1.67. The van der Waals surface area contributed by atoms with Gasteiger partial charge in [-0.3, -0.25) is 0 Å². The molecule has 0 spiro atoms. The molecular formula is C9H13NO4. The first kappa shape index (κ1) is 10.7. The van der Waals surface area contributed by atoms with Gasteiger partial charge in [0.2, 0.25) is 0 Å². The number of methoxy groups -OCH3 is 1. The average Bonchev–Trinajstić information content (AvgIpc) is 2.58. The molecule has 1 aromatic heterocycles. The topological polar surface area (TPSA) is 85.7 Å². The van der Waals surface area contributed by atoms with Gasteiger partial charge < -0.3 is 20.0 Å². The second kappa shape index (κ2) is 4.26. The quantitative estimate of drug-likeness (QED) is 0.687. The van der Waals surface area contributed by atoms with Crippen molar-refractivity contribution in [2.24, 2.45) is 5.73 Å². The summed E-state index contributed by atoms with van der Waals surface area (Å²) in [6, 6.07) is 1.44. The second-order valence-electron chi connectivity index (χ2n) is 2.86. The maximum absolute atomic E-state index is 11.2. The van der Waals surface area contributed by atoms with Crippen LogP contribution in [0.5, 0.6) is 0 Å². The Morgan fingerprint density at radius 1 is 1.79 bits per heavy atom. The Balaban J connectivity index is 2.98. The first-order valence-corrected chi connectivity index (χ1v) is 4.17. The summed E-state index contributed by atoms with van der Waals surface area (Å²) in [7, 11) is 1.29. The Bertz CT molecular complexity index is 332. The molecule has 3 N–H and O–H groups in total. The number of esters is 1. The van der Waals surface area contributed by atoms with E-state index in [9.17, 15) is 9.90 Å². The van der Waals surface area contributed by atoms with Crippen LogP contribution in [0.4, 0.5) is 0 Å². The SMILES string of the molecule is COC(=O)c1cc([C@H](O)CN)oc1C. The van der Waals surface area contributed by atoms with Gasteiger partial charge >= 0.3 is 5.97 Å². The van der Waals surface area contributed by atoms with Crippen molar-refractivity contribution in [1.29, 1.82) is 0 Å². The van der Waals surface area contributed by atoms with E-state index in [2.05, 4.69) is 4.74 Å². The maximum Gasteiger partial charge on any atom is 0.341 e. The van der Waals surface area contributed by atoms with Gasteiger partial charge in [0.25, 0.3) is 0 Å². The van der Waals surface area contributed by atoms with E-state index in [1.165, 1.54) is 13.2 Å². The number of carbonyl (C=O) groups is 1. The Morgan fingerprint density at radius 2 is 2.43 bits per heavy atom. The van der Waals surface area contributed by atoms with Crippen molar-refractivity contribution in [3.05, 3.63) is 23.2 Å². The van der Waals surface area contributed by atoms with Crippen LogP contribution < -0.4 is 5.73 Å². The standard InChI is InChI=1S/C9H13NO4/c1-5-6(9(12)13-2)3-8(14-5)7(11)4-10/h3,7,11H,4,10H2,1-2H3/t7-/m1/s1. The molecule has 1 aromatic rings. The third-order valence-corrected chi connectivity index (χ3v) is 1.89. The monoisotopic (exact) mass is 199 g/mol. The molecule has 0 bridgehead atoms. The van der Waals surface area contributed by atoms with E-state index < -0.39 is 12.1 Å². The number of hydrogen-bond donors (Lipinski definition) is 2. The van der Waals surface area contributed by atoms with Crippen molar-refractivity contribution in [2.75, 3.05) is 13.7 Å². The molecule has 0 unspecified atom stereocenters. The van der Waals surface area contributed by atoms with E-state index >= 15 is 0 Å². The number of carbonyl (C=O) groups excluding carboxylic acids is 1. The van der Waals surface area contributed by atoms with Crippen molar-refractivity contribution in [3.63, 3.8) is 0 Å². The van der Waals surface area contributed by atoms with Gasteiger partial charge in [-0.1, -0.05) is 0 Å². The predicted molar refractivity (Wildman–Crippen MR) is 48.8 cm³/mol. The highest BCUT2D eigenvalue weighted by Crippen LogP contribution is 2.20. The Morgan fingerprint density at radius 3 is 2.93 bits per heavy atom. The fraction of sp³-hybridized carbons (Fsp3) is 0.444. The van der Waals surface area contributed by atoms with E-state index in [1.807, 2.05) is 0 Å². The molecule has 0 aliphatic heterocycles. The third-order valence-electron chi connectivity index (χ3n) is 1.89. The lowest BCUT2D eigenvalue weighted by Gasteiger charge is -2.01. The van der Waals surface area contributed by atoms with Gasteiger partial charge in [-0.2, -0.15) is 0 Å². The van der Waals surface area contributed by atoms with Gasteiger partial charge in [-0.05, 0) is 13.0 Å². The molecule has 0 saturated heterocycles. The molecular weight excluding hydrogens is 186 g/mol. The second-order valence-corrected chi connectivity index (χ2v) is 2.86. The smallest absolute Gasteiger partial charge is 0.341 e. The van der Waals surface area contributed by atoms with E-state index in [0.717, 1.165) is 0 Å². The maximum atomic E-state index is 11.2. The summed E-state index contributed by atoms with van der Waals surface area (Å²) in [5, 5.41) is 9.35. The van der Waals surface area contributed by atoms with Crippen LogP contribution in [-0.4, -0.2) is 24.7 Å². The molecule has 0 aliphatic carbocycles. The summed E-state index contributed by atoms with van der Waals surface area (Å²) in [5.74, 6) is 0.214. The van der Waals surface area contributed by atoms with Gasteiger partial charge in [0, 0.05) is 6.54 Å². The summed E-state index contributed by atoms with van der Waals surface area (Å²) in [5.41, 5.74) is 5.56. The normalized spacial score (nSPS) is 12.6. The summed E-state index contributed by atoms with van der Waals surface area (Å²) >= 11 is 0. The van der Waals surface area contributed by atoms with Crippen LogP contribution in [0.3, 0.4) is 0 Å². The molecule has 0 amide bonds. The summed E-state index contributed by atoms with van der Waals surface area (Å²) in [6.07, 6.45) is -0.882. The number of hydrogen-bond acceptors (Lipinski definition) is 5. The highest BCUT2D eigenvalue weighted by molar-refractivity contribution is 5.90. The van der Waals surface area contributed by atoms with E-state index in [-0.39, 0.29) is 12.3 Å². The molecule has 0 aromatic carbocycles. The first-order chi connectivity index (χ1) is 6.60. The van der Waals surface area contributed by atoms with Crippen molar-refractivity contribution < 1.29 is 19.1 Å². The fourth-order valence-electron chi connectivity index (χ4n) is 1.10. The summed E-state index contributed by atoms with van der Waals surface area (Å²) < 4.78 is 9.69. The van der Waals surface area contributed by atoms with Crippen molar-refractivity contribution in [1.82, 2.24) is 0 Å². The summed E-state index contributed by atoms with van der Waals surface area (Å²) in [4.78, 5) is 11.2. The minimum atomic E-state index is -0.882. The molecule has 0 radical (unpaired) electrons. The molecule has 78 valence electrons. The van der Waals surface area contributed by atoms with Crippen LogP contribution in [-0.2, 0) is 4.74 Å². The number of rotatable bonds is 3. The zero-order chi connectivity index (χ0) is 10.7. The predicted octanol–water partition coefficient (Wildman–Crippen LogP) is 0.367. The lowest BCUT2D eigenvalue weighted by Crippen LogP contribution is -2.10. The lowest BCUT2D eigenvalue weighted by atomic mass is 10.2. The van der Waals surface area contributed by atoms with Gasteiger partial charge in [-0.25, -0.2) is 4.79 Å². The zero-order valence-electron chi connectivity index (χ0n) is 8.11. The highest BCUT2D eigenvalue weighted by Gasteiger charge is 2.18. The minimum absolute atomic E-state index is 0.0492. The van der Waals surface area contributed by atoms with Gasteiger partial charge in [0.1, 0.15) is 23.2 Å². The Hall–Kier alpha value is -1.33. The number of aryl methyl sites for hydroxylation is 1. The van der Waals surface area contributed by atoms with E-state index in [0.29, 0.717) is 11.3 Å². The number of aliphatic hydroxyl groups is 1. The lowest BCUT2D eigenvalue weighted by molar-refractivity contribution is 0.0599. The first-order valence-electron chi connectivity index (χ1n) is 4.17. The van der Waals surface area contributed by atoms with Gasteiger partial charge in [0.05, 0.1) is 7.11 Å². The molecule has 0 aliphatic rings. The Kier molecular flexibility index (Phi) is 3.27. The van der Waals surface area contributed by atoms with Crippen LogP contribution in [0, 0.1) is 6.92 Å². The molecule has 1 atom stereocenters. The van der Waals surface area contributed by atoms with Crippen molar-refractivity contribution in [2.45, 2.75) is 13.0 Å². The molecule has 5 heteroatoms. The minimum Gasteiger partial charge on any atom is -0.465 e. The molecule has 1 rings (SSSR count). The van der Waals surface area contributed by atoms with Crippen molar-refractivity contribution in [3.8, 4) is 0 Å². The highest BCUT2D eigenvalue weighted by atomic mass is 16.5. The molecule has 14 heavy (non-hydrogen) atoms. The number of furan rings is 1. The van der Waals surface area contributed by atoms with Crippen LogP contribution >= 0.6 is 0 Å². The van der Waals surface area contributed by atoms with Crippen LogP contribution in [0.15, 0.2) is 10.5 Å². The van der Waals surface area contributed by atoms with Crippen LogP contribution in [0.2, 0.25) is 0 Å². The third kappa shape index (κ3) is 1.94. The van der Waals surface area contributed by atoms with Gasteiger partial charge in [-0.15, -0.1) is 0 Å². The molecule has 0 saturated carbocycles. The number of ether oxygens (including phenoxy) is 1. The van der Waals surface area contributed by atoms with E-state index in [4.69, 9.17) is 10.2 Å². The van der Waals surface area contributed by atoms with Crippen LogP contribution in [0.1, 0.15) is 28.0 Å².